The summed E-state index contributed by atoms with van der Waals surface area (Å²) in [7, 11) is 0. The number of amides is 2. The van der Waals surface area contributed by atoms with Gasteiger partial charge in [0.1, 0.15) is 11.9 Å². The first-order valence-corrected chi connectivity index (χ1v) is 14.6. The summed E-state index contributed by atoms with van der Waals surface area (Å²) < 4.78 is 1.43. The maximum absolute atomic E-state index is 13.6. The Morgan fingerprint density at radius 2 is 1.76 bits per heavy atom. The van der Waals surface area contributed by atoms with Crippen molar-refractivity contribution in [2.75, 3.05) is 18.4 Å². The molecule has 3 N–H and O–H groups in total. The van der Waals surface area contributed by atoms with Gasteiger partial charge < -0.3 is 10.6 Å². The van der Waals surface area contributed by atoms with Crippen LogP contribution < -0.4 is 21.5 Å². The topological polar surface area (TPSA) is 105 Å². The van der Waals surface area contributed by atoms with Crippen LogP contribution in [0.5, 0.6) is 0 Å². The van der Waals surface area contributed by atoms with E-state index in [9.17, 15) is 14.4 Å². The van der Waals surface area contributed by atoms with Crippen molar-refractivity contribution in [3.63, 3.8) is 0 Å². The lowest BCUT2D eigenvalue weighted by Crippen LogP contribution is -2.58. The summed E-state index contributed by atoms with van der Waals surface area (Å²) in [4.78, 5) is 43.3. The van der Waals surface area contributed by atoms with Gasteiger partial charge in [-0.1, -0.05) is 18.3 Å². The summed E-state index contributed by atoms with van der Waals surface area (Å²) in [5.74, 6) is 2.50. The van der Waals surface area contributed by atoms with Crippen LogP contribution >= 0.6 is 12.2 Å². The van der Waals surface area contributed by atoms with Crippen molar-refractivity contribution in [2.45, 2.75) is 82.7 Å². The number of thiocarbonyl (C=S) groups is 1. The molecule has 4 saturated carbocycles. The lowest BCUT2D eigenvalue weighted by Gasteiger charge is -2.57. The highest BCUT2D eigenvalue weighted by Crippen LogP contribution is 2.55. The molecule has 4 aliphatic carbocycles. The van der Waals surface area contributed by atoms with E-state index in [0.29, 0.717) is 40.9 Å². The maximum atomic E-state index is 13.6. The number of hydrogen-bond acceptors (Lipinski definition) is 7. The van der Waals surface area contributed by atoms with E-state index in [1.165, 1.54) is 43.1 Å². The molecule has 38 heavy (non-hydrogen) atoms. The standard InChI is InChI=1S/C29H37N5O3S/c1-17-32-23-4-2-3-22(26(23)28(37)34(17)24-5-6-25(35)33-27(24)36)30-9-7-21(38)8-10-31-29-14-18-11-19(15-29)13-20(12-18)16-29/h2-4,18-20,24,30-31H,5-16H2,1H3,(H,33,35,36). The second kappa shape index (κ2) is 10.2. The van der Waals surface area contributed by atoms with Crippen molar-refractivity contribution in [1.82, 2.24) is 20.2 Å². The number of aromatic nitrogens is 2. The molecule has 8 nitrogen and oxygen atoms in total. The molecular formula is C29H37N5O3S. The fraction of sp³-hybridized carbons (Fsp3) is 0.621. The SMILES string of the molecule is Cc1nc2cccc(NCCC(=S)CCNC34CC5CC(CC(C5)C3)C4)c2c(=O)n1C1CCC(=O)NC1=O. The predicted octanol–water partition coefficient (Wildman–Crippen LogP) is 3.80. The summed E-state index contributed by atoms with van der Waals surface area (Å²) >= 11 is 5.72. The third-order valence-corrected chi connectivity index (χ3v) is 9.70. The Hall–Kier alpha value is -2.65. The molecule has 5 aliphatic rings. The number of carbonyl (C=O) groups is 2. The zero-order valence-electron chi connectivity index (χ0n) is 22.1. The molecule has 5 fully saturated rings. The van der Waals surface area contributed by atoms with Crippen LogP contribution in [-0.4, -0.2) is 44.9 Å². The van der Waals surface area contributed by atoms with Gasteiger partial charge in [0.2, 0.25) is 11.8 Å². The molecule has 4 bridgehead atoms. The van der Waals surface area contributed by atoms with E-state index in [0.717, 1.165) is 42.0 Å². The minimum Gasteiger partial charge on any atom is -0.384 e. The van der Waals surface area contributed by atoms with E-state index in [2.05, 4.69) is 20.9 Å². The van der Waals surface area contributed by atoms with Gasteiger partial charge in [0.15, 0.2) is 0 Å². The Morgan fingerprint density at radius 1 is 1.08 bits per heavy atom. The number of piperidine rings is 1. The second-order valence-electron chi connectivity index (χ2n) is 12.1. The van der Waals surface area contributed by atoms with Crippen molar-refractivity contribution < 1.29 is 9.59 Å². The molecule has 1 aromatic carbocycles. The number of fused-ring (bicyclic) bond motifs is 1. The van der Waals surface area contributed by atoms with Gasteiger partial charge in [0.05, 0.1) is 10.9 Å². The van der Waals surface area contributed by atoms with Crippen molar-refractivity contribution in [2.24, 2.45) is 17.8 Å². The van der Waals surface area contributed by atoms with Gasteiger partial charge in [0, 0.05) is 30.7 Å². The number of rotatable bonds is 9. The van der Waals surface area contributed by atoms with Crippen LogP contribution in [0.2, 0.25) is 0 Å². The van der Waals surface area contributed by atoms with Crippen LogP contribution in [-0.2, 0) is 9.59 Å². The quantitative estimate of drug-likeness (QED) is 0.331. The number of nitrogens with one attached hydrogen (secondary N) is 3. The lowest BCUT2D eigenvalue weighted by molar-refractivity contribution is -0.135. The Labute approximate surface area is 228 Å². The fourth-order valence-electron chi connectivity index (χ4n) is 8.05. The molecule has 2 heterocycles. The Morgan fingerprint density at radius 3 is 2.45 bits per heavy atom. The highest BCUT2D eigenvalue weighted by Gasteiger charge is 2.50. The monoisotopic (exact) mass is 535 g/mol. The molecule has 202 valence electrons. The number of aryl methyl sites for hydroxylation is 1. The second-order valence-corrected chi connectivity index (χ2v) is 12.7. The summed E-state index contributed by atoms with van der Waals surface area (Å²) in [5.41, 5.74) is 1.37. The molecule has 2 aromatic rings. The largest absolute Gasteiger partial charge is 0.384 e. The minimum atomic E-state index is -0.737. The Kier molecular flexibility index (Phi) is 6.84. The fourth-order valence-corrected chi connectivity index (χ4v) is 8.26. The van der Waals surface area contributed by atoms with Crippen LogP contribution in [0.15, 0.2) is 23.0 Å². The third kappa shape index (κ3) is 4.91. The third-order valence-electron chi connectivity index (χ3n) is 9.29. The van der Waals surface area contributed by atoms with Gasteiger partial charge in [-0.15, -0.1) is 0 Å². The number of imide groups is 1. The number of benzene rings is 1. The molecule has 1 saturated heterocycles. The smallest absolute Gasteiger partial charge is 0.264 e. The first kappa shape index (κ1) is 25.6. The van der Waals surface area contributed by atoms with Crippen LogP contribution in [0.1, 0.15) is 76.1 Å². The van der Waals surface area contributed by atoms with E-state index in [-0.39, 0.29) is 17.9 Å². The summed E-state index contributed by atoms with van der Waals surface area (Å²) in [5, 5.41) is 10.1. The zero-order valence-corrected chi connectivity index (χ0v) is 22.9. The van der Waals surface area contributed by atoms with E-state index >= 15 is 0 Å². The van der Waals surface area contributed by atoms with E-state index in [1.807, 2.05) is 18.2 Å². The van der Waals surface area contributed by atoms with Crippen LogP contribution in [0.25, 0.3) is 10.9 Å². The molecule has 7 rings (SSSR count). The molecule has 1 aromatic heterocycles. The summed E-state index contributed by atoms with van der Waals surface area (Å²) in [6.07, 6.45) is 10.5. The van der Waals surface area contributed by atoms with Crippen LogP contribution in [0.3, 0.4) is 0 Å². The highest BCUT2D eigenvalue weighted by atomic mass is 32.1. The Balaban J connectivity index is 1.08. The molecular weight excluding hydrogens is 498 g/mol. The number of nitrogens with zero attached hydrogens (tertiary/aromatic N) is 2. The van der Waals surface area contributed by atoms with Gasteiger partial charge >= 0.3 is 0 Å². The average molecular weight is 536 g/mol. The first-order chi connectivity index (χ1) is 18.3. The van der Waals surface area contributed by atoms with Gasteiger partial charge in [-0.05, 0) is 99.5 Å². The molecule has 9 heteroatoms. The van der Waals surface area contributed by atoms with Gasteiger partial charge in [-0.2, -0.15) is 0 Å². The van der Waals surface area contributed by atoms with Gasteiger partial charge in [-0.3, -0.25) is 24.3 Å². The summed E-state index contributed by atoms with van der Waals surface area (Å²) in [6, 6.07) is 4.82. The molecule has 1 atom stereocenters. The predicted molar refractivity (Wildman–Crippen MR) is 151 cm³/mol. The van der Waals surface area contributed by atoms with E-state index in [1.54, 1.807) is 6.92 Å². The van der Waals surface area contributed by atoms with E-state index in [4.69, 9.17) is 12.2 Å². The average Bonchev–Trinajstić information content (AvgIpc) is 2.84. The van der Waals surface area contributed by atoms with Gasteiger partial charge in [-0.25, -0.2) is 4.98 Å². The number of carbonyl (C=O) groups excluding carboxylic acids is 2. The summed E-state index contributed by atoms with van der Waals surface area (Å²) in [6.45, 7) is 3.29. The zero-order chi connectivity index (χ0) is 26.4. The van der Waals surface area contributed by atoms with Crippen molar-refractivity contribution in [3.05, 3.63) is 34.4 Å². The van der Waals surface area contributed by atoms with Crippen molar-refractivity contribution in [1.29, 1.82) is 0 Å². The molecule has 0 spiro atoms. The molecule has 1 unspecified atom stereocenters. The number of anilines is 1. The van der Waals surface area contributed by atoms with Crippen LogP contribution in [0.4, 0.5) is 5.69 Å². The van der Waals surface area contributed by atoms with E-state index < -0.39 is 11.9 Å². The van der Waals surface area contributed by atoms with Crippen molar-refractivity contribution in [3.8, 4) is 0 Å². The minimum absolute atomic E-state index is 0.204. The lowest BCUT2D eigenvalue weighted by atomic mass is 9.53. The molecule has 1 aliphatic heterocycles. The first-order valence-electron chi connectivity index (χ1n) is 14.2. The number of hydrogen-bond donors (Lipinski definition) is 3. The molecule has 0 radical (unpaired) electrons. The highest BCUT2D eigenvalue weighted by molar-refractivity contribution is 7.80. The molecule has 2 amide bonds. The van der Waals surface area contributed by atoms with Crippen molar-refractivity contribution >= 4 is 45.5 Å². The maximum Gasteiger partial charge on any atom is 0.264 e. The van der Waals surface area contributed by atoms with Crippen LogP contribution in [0, 0.1) is 24.7 Å². The van der Waals surface area contributed by atoms with Gasteiger partial charge in [0.25, 0.3) is 5.56 Å². The Bertz CT molecular complexity index is 1320. The normalized spacial score (nSPS) is 30.0.